The SMILES string of the molecule is CCOC(=O)c1ccc(NC(=O)c2c(C)c3ccccc3[nH]c2=O)cc1. The number of benzene rings is 2. The van der Waals surface area contributed by atoms with Crippen LogP contribution in [-0.2, 0) is 4.74 Å². The van der Waals surface area contributed by atoms with Gasteiger partial charge in [-0.25, -0.2) is 4.79 Å². The van der Waals surface area contributed by atoms with E-state index >= 15 is 0 Å². The first-order valence-corrected chi connectivity index (χ1v) is 8.21. The molecule has 2 N–H and O–H groups in total. The van der Waals surface area contributed by atoms with Crippen LogP contribution < -0.4 is 10.9 Å². The fourth-order valence-electron chi connectivity index (χ4n) is 2.78. The van der Waals surface area contributed by atoms with Gasteiger partial charge >= 0.3 is 5.97 Å². The minimum Gasteiger partial charge on any atom is -0.462 e. The number of amides is 1. The molecule has 1 aromatic heterocycles. The second kappa shape index (κ2) is 7.23. The van der Waals surface area contributed by atoms with Crippen LogP contribution in [0.5, 0.6) is 0 Å². The summed E-state index contributed by atoms with van der Waals surface area (Å²) in [5.41, 5.74) is 1.80. The Bertz CT molecular complexity index is 1040. The van der Waals surface area contributed by atoms with Crippen molar-refractivity contribution in [2.75, 3.05) is 11.9 Å². The lowest BCUT2D eigenvalue weighted by Crippen LogP contribution is -2.25. The lowest BCUT2D eigenvalue weighted by molar-refractivity contribution is 0.0526. The topological polar surface area (TPSA) is 88.3 Å². The van der Waals surface area contributed by atoms with E-state index in [0.29, 0.717) is 28.9 Å². The molecule has 6 nitrogen and oxygen atoms in total. The van der Waals surface area contributed by atoms with Crippen LogP contribution in [0.3, 0.4) is 0 Å². The van der Waals surface area contributed by atoms with Crippen LogP contribution in [0.4, 0.5) is 5.69 Å². The Morgan fingerprint density at radius 3 is 2.46 bits per heavy atom. The molecule has 0 fully saturated rings. The number of pyridine rings is 1. The van der Waals surface area contributed by atoms with Gasteiger partial charge in [0.1, 0.15) is 5.56 Å². The lowest BCUT2D eigenvalue weighted by atomic mass is 10.0. The summed E-state index contributed by atoms with van der Waals surface area (Å²) in [5.74, 6) is -0.925. The molecule has 6 heteroatoms. The number of aromatic nitrogens is 1. The van der Waals surface area contributed by atoms with Gasteiger partial charge in [0.25, 0.3) is 11.5 Å². The van der Waals surface area contributed by atoms with Gasteiger partial charge in [-0.1, -0.05) is 18.2 Å². The molecule has 0 aliphatic rings. The van der Waals surface area contributed by atoms with E-state index in [1.54, 1.807) is 44.2 Å². The van der Waals surface area contributed by atoms with Crippen LogP contribution in [0, 0.1) is 6.92 Å². The molecule has 0 bridgehead atoms. The summed E-state index contributed by atoms with van der Waals surface area (Å²) in [4.78, 5) is 39.3. The molecule has 0 aliphatic heterocycles. The largest absolute Gasteiger partial charge is 0.462 e. The molecule has 132 valence electrons. The summed E-state index contributed by atoms with van der Waals surface area (Å²) in [6.07, 6.45) is 0. The van der Waals surface area contributed by atoms with Gasteiger partial charge in [-0.2, -0.15) is 0 Å². The molecule has 1 amide bonds. The lowest BCUT2D eigenvalue weighted by Gasteiger charge is -2.10. The van der Waals surface area contributed by atoms with Gasteiger partial charge in [-0.3, -0.25) is 9.59 Å². The Morgan fingerprint density at radius 1 is 1.08 bits per heavy atom. The predicted molar refractivity (Wildman–Crippen MR) is 99.7 cm³/mol. The molecule has 1 heterocycles. The van der Waals surface area contributed by atoms with Crippen molar-refractivity contribution < 1.29 is 14.3 Å². The first-order valence-electron chi connectivity index (χ1n) is 8.21. The van der Waals surface area contributed by atoms with Gasteiger partial charge in [0.2, 0.25) is 0 Å². The fraction of sp³-hybridized carbons (Fsp3) is 0.150. The van der Waals surface area contributed by atoms with Gasteiger partial charge < -0.3 is 15.0 Å². The van der Waals surface area contributed by atoms with Crippen molar-refractivity contribution >= 4 is 28.5 Å². The van der Waals surface area contributed by atoms with Gasteiger partial charge in [0.15, 0.2) is 0 Å². The normalized spacial score (nSPS) is 10.5. The number of nitrogens with one attached hydrogen (secondary N) is 2. The standard InChI is InChI=1S/C20H18N2O4/c1-3-26-20(25)13-8-10-14(11-9-13)21-18(23)17-12(2)15-6-4-5-7-16(15)22-19(17)24/h4-11H,3H2,1-2H3,(H,21,23)(H,22,24). The minimum atomic E-state index is -0.501. The number of H-pyrrole nitrogens is 1. The smallest absolute Gasteiger partial charge is 0.338 e. The Balaban J connectivity index is 1.88. The summed E-state index contributed by atoms with van der Waals surface area (Å²) in [7, 11) is 0. The maximum atomic E-state index is 12.6. The summed E-state index contributed by atoms with van der Waals surface area (Å²) in [6.45, 7) is 3.77. The number of hydrogen-bond acceptors (Lipinski definition) is 4. The van der Waals surface area contributed by atoms with Crippen LogP contribution in [0.25, 0.3) is 10.9 Å². The highest BCUT2D eigenvalue weighted by Crippen LogP contribution is 2.18. The summed E-state index contributed by atoms with van der Waals surface area (Å²) < 4.78 is 4.92. The number of aryl methyl sites for hydroxylation is 1. The zero-order valence-electron chi connectivity index (χ0n) is 14.5. The Labute approximate surface area is 149 Å². The van der Waals surface area contributed by atoms with Crippen LogP contribution >= 0.6 is 0 Å². The molecule has 26 heavy (non-hydrogen) atoms. The second-order valence-electron chi connectivity index (χ2n) is 5.75. The number of carbonyl (C=O) groups excluding carboxylic acids is 2. The Kier molecular flexibility index (Phi) is 4.84. The average Bonchev–Trinajstić information content (AvgIpc) is 2.62. The number of hydrogen-bond donors (Lipinski definition) is 2. The van der Waals surface area contributed by atoms with E-state index in [2.05, 4.69) is 10.3 Å². The Hall–Kier alpha value is -3.41. The zero-order valence-corrected chi connectivity index (χ0v) is 14.5. The van der Waals surface area contributed by atoms with Crippen molar-refractivity contribution in [2.45, 2.75) is 13.8 Å². The molecular weight excluding hydrogens is 332 g/mol. The van der Waals surface area contributed by atoms with Gasteiger partial charge in [-0.15, -0.1) is 0 Å². The average molecular weight is 350 g/mol. The number of aromatic amines is 1. The number of carbonyl (C=O) groups is 2. The molecule has 0 saturated heterocycles. The first kappa shape index (κ1) is 17.4. The molecule has 0 atom stereocenters. The molecule has 0 aliphatic carbocycles. The van der Waals surface area contributed by atoms with E-state index in [-0.39, 0.29) is 5.56 Å². The van der Waals surface area contributed by atoms with Gasteiger partial charge in [0, 0.05) is 16.6 Å². The van der Waals surface area contributed by atoms with Crippen LogP contribution in [0.1, 0.15) is 33.2 Å². The number of ether oxygens (including phenoxy) is 1. The van der Waals surface area contributed by atoms with E-state index in [1.807, 2.05) is 18.2 Å². The fourth-order valence-corrected chi connectivity index (χ4v) is 2.78. The van der Waals surface area contributed by atoms with E-state index < -0.39 is 17.4 Å². The Morgan fingerprint density at radius 2 is 1.77 bits per heavy atom. The van der Waals surface area contributed by atoms with Crippen molar-refractivity contribution in [3.05, 3.63) is 75.6 Å². The van der Waals surface area contributed by atoms with Crippen molar-refractivity contribution in [3.63, 3.8) is 0 Å². The zero-order chi connectivity index (χ0) is 18.7. The van der Waals surface area contributed by atoms with Crippen molar-refractivity contribution in [1.82, 2.24) is 4.98 Å². The first-order chi connectivity index (χ1) is 12.5. The third-order valence-corrected chi connectivity index (χ3v) is 4.06. The molecule has 3 aromatic rings. The van der Waals surface area contributed by atoms with E-state index in [0.717, 1.165) is 5.39 Å². The van der Waals surface area contributed by atoms with Crippen molar-refractivity contribution in [2.24, 2.45) is 0 Å². The summed E-state index contributed by atoms with van der Waals surface area (Å²) in [5, 5.41) is 3.51. The third kappa shape index (κ3) is 3.35. The second-order valence-corrected chi connectivity index (χ2v) is 5.75. The van der Waals surface area contributed by atoms with Crippen LogP contribution in [-0.4, -0.2) is 23.5 Å². The van der Waals surface area contributed by atoms with E-state index in [4.69, 9.17) is 4.74 Å². The molecule has 0 unspecified atom stereocenters. The van der Waals surface area contributed by atoms with E-state index in [1.165, 1.54) is 0 Å². The van der Waals surface area contributed by atoms with Gasteiger partial charge in [0.05, 0.1) is 12.2 Å². The molecule has 0 radical (unpaired) electrons. The van der Waals surface area contributed by atoms with Crippen molar-refractivity contribution in [1.29, 1.82) is 0 Å². The van der Waals surface area contributed by atoms with Crippen LogP contribution in [0.15, 0.2) is 53.3 Å². The summed E-state index contributed by atoms with van der Waals surface area (Å²) in [6, 6.07) is 13.6. The maximum absolute atomic E-state index is 12.6. The maximum Gasteiger partial charge on any atom is 0.338 e. The molecule has 3 rings (SSSR count). The highest BCUT2D eigenvalue weighted by Gasteiger charge is 2.17. The molecule has 2 aromatic carbocycles. The number of esters is 1. The molecular formula is C20H18N2O4. The number of fused-ring (bicyclic) bond motifs is 1. The monoisotopic (exact) mass is 350 g/mol. The van der Waals surface area contributed by atoms with Crippen molar-refractivity contribution in [3.8, 4) is 0 Å². The van der Waals surface area contributed by atoms with Crippen LogP contribution in [0.2, 0.25) is 0 Å². The molecule has 0 saturated carbocycles. The third-order valence-electron chi connectivity index (χ3n) is 4.06. The predicted octanol–water partition coefficient (Wildman–Crippen LogP) is 3.27. The highest BCUT2D eigenvalue weighted by atomic mass is 16.5. The molecule has 0 spiro atoms. The summed E-state index contributed by atoms with van der Waals surface area (Å²) >= 11 is 0. The quantitative estimate of drug-likeness (QED) is 0.707. The highest BCUT2D eigenvalue weighted by molar-refractivity contribution is 6.07. The van der Waals surface area contributed by atoms with E-state index in [9.17, 15) is 14.4 Å². The number of rotatable bonds is 4. The van der Waals surface area contributed by atoms with Gasteiger partial charge in [-0.05, 0) is 49.7 Å². The minimum absolute atomic E-state index is 0.0677. The number of para-hydroxylation sites is 1. The number of anilines is 1.